The average Bonchev–Trinajstić information content (AvgIpc) is 2.90. The van der Waals surface area contributed by atoms with E-state index in [0.29, 0.717) is 17.3 Å². The molecule has 3 heterocycles. The number of nitrogens with zero attached hydrogens (tertiary/aromatic N) is 2. The zero-order valence-corrected chi connectivity index (χ0v) is 10.7. The van der Waals surface area contributed by atoms with E-state index in [0.717, 1.165) is 15.7 Å². The third-order valence-corrected chi connectivity index (χ3v) is 3.52. The van der Waals surface area contributed by atoms with Crippen molar-refractivity contribution < 1.29 is 4.42 Å². The summed E-state index contributed by atoms with van der Waals surface area (Å²) in [6.45, 7) is 2.02. The predicted molar refractivity (Wildman–Crippen MR) is 69.7 cm³/mol. The minimum atomic E-state index is 0.579. The lowest BCUT2D eigenvalue weighted by atomic mass is 10.3. The van der Waals surface area contributed by atoms with Crippen LogP contribution in [0.2, 0.25) is 0 Å². The van der Waals surface area contributed by atoms with Crippen molar-refractivity contribution in [1.29, 1.82) is 0 Å². The molecule has 0 unspecified atom stereocenters. The van der Waals surface area contributed by atoms with Gasteiger partial charge >= 0.3 is 0 Å². The summed E-state index contributed by atoms with van der Waals surface area (Å²) in [4.78, 5) is 4.48. The van der Waals surface area contributed by atoms with E-state index < -0.39 is 0 Å². The molecular formula is C12H10BrN3O. The lowest BCUT2D eigenvalue weighted by molar-refractivity contribution is 0.581. The van der Waals surface area contributed by atoms with Gasteiger partial charge in [-0.15, -0.1) is 0 Å². The van der Waals surface area contributed by atoms with Gasteiger partial charge in [0.1, 0.15) is 17.2 Å². The maximum atomic E-state index is 6.07. The molecule has 0 spiro atoms. The maximum absolute atomic E-state index is 6.07. The number of imidazole rings is 1. The Labute approximate surface area is 106 Å². The smallest absolute Gasteiger partial charge is 0.156 e. The van der Waals surface area contributed by atoms with E-state index in [-0.39, 0.29) is 0 Å². The van der Waals surface area contributed by atoms with Crippen molar-refractivity contribution in [2.45, 2.75) is 6.92 Å². The molecule has 86 valence electrons. The number of furan rings is 1. The normalized spacial score (nSPS) is 11.2. The van der Waals surface area contributed by atoms with E-state index in [1.165, 1.54) is 0 Å². The summed E-state index contributed by atoms with van der Waals surface area (Å²) in [6.07, 6.45) is 3.53. The van der Waals surface area contributed by atoms with Crippen LogP contribution in [-0.2, 0) is 0 Å². The van der Waals surface area contributed by atoms with E-state index in [1.807, 2.05) is 35.7 Å². The number of hydrogen-bond donors (Lipinski definition) is 1. The second-order valence-electron chi connectivity index (χ2n) is 3.86. The Kier molecular flexibility index (Phi) is 2.22. The van der Waals surface area contributed by atoms with Gasteiger partial charge in [0, 0.05) is 10.7 Å². The number of halogens is 1. The first-order valence-corrected chi connectivity index (χ1v) is 5.93. The van der Waals surface area contributed by atoms with E-state index >= 15 is 0 Å². The molecule has 3 aromatic heterocycles. The van der Waals surface area contributed by atoms with Gasteiger partial charge in [0.25, 0.3) is 0 Å². The van der Waals surface area contributed by atoms with Gasteiger partial charge in [0.15, 0.2) is 5.76 Å². The van der Waals surface area contributed by atoms with Crippen molar-refractivity contribution in [3.05, 3.63) is 40.7 Å². The Morgan fingerprint density at radius 1 is 1.47 bits per heavy atom. The van der Waals surface area contributed by atoms with Crippen LogP contribution in [-0.4, -0.2) is 9.38 Å². The van der Waals surface area contributed by atoms with E-state index in [2.05, 4.69) is 20.9 Å². The van der Waals surface area contributed by atoms with Gasteiger partial charge in [0.2, 0.25) is 0 Å². The summed E-state index contributed by atoms with van der Waals surface area (Å²) >= 11 is 3.48. The molecule has 0 radical (unpaired) electrons. The molecule has 0 aromatic carbocycles. The van der Waals surface area contributed by atoms with Crippen LogP contribution in [0.15, 0.2) is 39.5 Å². The molecule has 3 aromatic rings. The molecule has 0 atom stereocenters. The monoisotopic (exact) mass is 291 g/mol. The molecule has 3 rings (SSSR count). The largest absolute Gasteiger partial charge is 0.463 e. The van der Waals surface area contributed by atoms with Crippen LogP contribution in [0.1, 0.15) is 5.56 Å². The quantitative estimate of drug-likeness (QED) is 0.749. The highest BCUT2D eigenvalue weighted by molar-refractivity contribution is 9.10. The van der Waals surface area contributed by atoms with E-state index in [1.54, 1.807) is 6.26 Å². The van der Waals surface area contributed by atoms with Crippen LogP contribution < -0.4 is 5.73 Å². The molecule has 0 saturated carbocycles. The average molecular weight is 292 g/mol. The molecule has 0 amide bonds. The van der Waals surface area contributed by atoms with Crippen molar-refractivity contribution in [1.82, 2.24) is 9.38 Å². The van der Waals surface area contributed by atoms with Crippen molar-refractivity contribution in [3.8, 4) is 11.5 Å². The zero-order chi connectivity index (χ0) is 12.0. The van der Waals surface area contributed by atoms with Gasteiger partial charge in [-0.05, 0) is 46.6 Å². The number of nitrogen functional groups attached to an aromatic ring is 1. The van der Waals surface area contributed by atoms with Crippen LogP contribution in [0.4, 0.5) is 5.82 Å². The van der Waals surface area contributed by atoms with Crippen LogP contribution in [0, 0.1) is 6.92 Å². The Morgan fingerprint density at radius 3 is 3.00 bits per heavy atom. The van der Waals surface area contributed by atoms with Crippen molar-refractivity contribution >= 4 is 27.4 Å². The predicted octanol–water partition coefficient (Wildman–Crippen LogP) is 3.25. The lowest BCUT2D eigenvalue weighted by Crippen LogP contribution is -1.94. The van der Waals surface area contributed by atoms with Gasteiger partial charge in [-0.1, -0.05) is 0 Å². The Hall–Kier alpha value is -1.75. The summed E-state index contributed by atoms with van der Waals surface area (Å²) in [5, 5.41) is 0. The standard InChI is InChI=1S/C12H10BrN3O/c1-7-5-10-15-11(9-3-2-4-17-9)12(14)16(10)6-8(7)13/h2-6H,14H2,1H3. The highest BCUT2D eigenvalue weighted by atomic mass is 79.9. The SMILES string of the molecule is Cc1cc2nc(-c3ccco3)c(N)n2cc1Br. The molecule has 0 saturated heterocycles. The second kappa shape index (κ2) is 3.63. The number of pyridine rings is 1. The van der Waals surface area contributed by atoms with Crippen LogP contribution in [0.3, 0.4) is 0 Å². The Balaban J connectivity index is 2.32. The first kappa shape index (κ1) is 10.4. The van der Waals surface area contributed by atoms with Crippen molar-refractivity contribution in [2.24, 2.45) is 0 Å². The number of rotatable bonds is 1. The fourth-order valence-electron chi connectivity index (χ4n) is 1.77. The molecule has 0 aliphatic heterocycles. The van der Waals surface area contributed by atoms with Crippen molar-refractivity contribution in [2.75, 3.05) is 5.73 Å². The van der Waals surface area contributed by atoms with E-state index in [4.69, 9.17) is 10.2 Å². The molecule has 4 nitrogen and oxygen atoms in total. The van der Waals surface area contributed by atoms with Gasteiger partial charge in [-0.3, -0.25) is 4.40 Å². The third kappa shape index (κ3) is 1.54. The molecular weight excluding hydrogens is 282 g/mol. The molecule has 0 fully saturated rings. The Morgan fingerprint density at radius 2 is 2.29 bits per heavy atom. The fourth-order valence-corrected chi connectivity index (χ4v) is 2.09. The number of aryl methyl sites for hydroxylation is 1. The number of aromatic nitrogens is 2. The zero-order valence-electron chi connectivity index (χ0n) is 9.14. The molecule has 0 aliphatic rings. The second-order valence-corrected chi connectivity index (χ2v) is 4.71. The first-order valence-electron chi connectivity index (χ1n) is 5.14. The first-order chi connectivity index (χ1) is 8.16. The Bertz CT molecular complexity index is 685. The van der Waals surface area contributed by atoms with Gasteiger partial charge in [0.05, 0.1) is 6.26 Å². The molecule has 0 aliphatic carbocycles. The number of anilines is 1. The van der Waals surface area contributed by atoms with Crippen LogP contribution in [0.25, 0.3) is 17.1 Å². The van der Waals surface area contributed by atoms with Crippen LogP contribution in [0.5, 0.6) is 0 Å². The molecule has 17 heavy (non-hydrogen) atoms. The maximum Gasteiger partial charge on any atom is 0.156 e. The summed E-state index contributed by atoms with van der Waals surface area (Å²) in [7, 11) is 0. The highest BCUT2D eigenvalue weighted by Gasteiger charge is 2.14. The summed E-state index contributed by atoms with van der Waals surface area (Å²) in [5.41, 5.74) is 8.68. The minimum Gasteiger partial charge on any atom is -0.463 e. The minimum absolute atomic E-state index is 0.579. The molecule has 0 bridgehead atoms. The van der Waals surface area contributed by atoms with Crippen LogP contribution >= 0.6 is 15.9 Å². The lowest BCUT2D eigenvalue weighted by Gasteiger charge is -2.00. The summed E-state index contributed by atoms with van der Waals surface area (Å²) < 4.78 is 8.17. The number of nitrogens with two attached hydrogens (primary N) is 1. The van der Waals surface area contributed by atoms with Crippen molar-refractivity contribution in [3.63, 3.8) is 0 Å². The topological polar surface area (TPSA) is 56.5 Å². The van der Waals surface area contributed by atoms with Gasteiger partial charge in [-0.2, -0.15) is 0 Å². The number of hydrogen-bond acceptors (Lipinski definition) is 3. The fraction of sp³-hybridized carbons (Fsp3) is 0.0833. The summed E-state index contributed by atoms with van der Waals surface area (Å²) in [5.74, 6) is 1.26. The third-order valence-electron chi connectivity index (χ3n) is 2.69. The molecule has 5 heteroatoms. The summed E-state index contributed by atoms with van der Waals surface area (Å²) in [6, 6.07) is 5.65. The molecule has 2 N–H and O–H groups in total. The van der Waals surface area contributed by atoms with Gasteiger partial charge in [-0.25, -0.2) is 4.98 Å². The van der Waals surface area contributed by atoms with Gasteiger partial charge < -0.3 is 10.2 Å². The van der Waals surface area contributed by atoms with E-state index in [9.17, 15) is 0 Å². The highest BCUT2D eigenvalue weighted by Crippen LogP contribution is 2.28. The number of fused-ring (bicyclic) bond motifs is 1.